The summed E-state index contributed by atoms with van der Waals surface area (Å²) >= 11 is 0. The predicted molar refractivity (Wildman–Crippen MR) is 45.4 cm³/mol. The van der Waals surface area contributed by atoms with E-state index in [0.717, 1.165) is 24.2 Å². The summed E-state index contributed by atoms with van der Waals surface area (Å²) in [4.78, 5) is 8.51. The van der Waals surface area contributed by atoms with Crippen LogP contribution in [-0.4, -0.2) is 11.2 Å². The third kappa shape index (κ3) is 1.16. The van der Waals surface area contributed by atoms with Crippen molar-refractivity contribution in [1.82, 2.24) is 4.98 Å². The highest BCUT2D eigenvalue weighted by molar-refractivity contribution is 5.68. The molecule has 1 aliphatic heterocycles. The van der Waals surface area contributed by atoms with Gasteiger partial charge in [0, 0.05) is 18.1 Å². The summed E-state index contributed by atoms with van der Waals surface area (Å²) in [5.74, 6) is 0. The van der Waals surface area contributed by atoms with Gasteiger partial charge in [-0.1, -0.05) is 0 Å². The molecule has 0 spiro atoms. The van der Waals surface area contributed by atoms with Gasteiger partial charge in [0.2, 0.25) is 0 Å². The summed E-state index contributed by atoms with van der Waals surface area (Å²) in [6.45, 7) is 1.99. The molecule has 1 aromatic rings. The second kappa shape index (κ2) is 2.46. The summed E-state index contributed by atoms with van der Waals surface area (Å²) in [7, 11) is 0. The summed E-state index contributed by atoms with van der Waals surface area (Å²) in [6, 6.07) is 2.03. The molecule has 2 heteroatoms. The van der Waals surface area contributed by atoms with Gasteiger partial charge in [-0.05, 0) is 31.4 Å². The van der Waals surface area contributed by atoms with Gasteiger partial charge >= 0.3 is 0 Å². The SMILES string of the molecule is Cc1cc2c(cn1)CCC=N2. The smallest absolute Gasteiger partial charge is 0.0691 e. The Labute approximate surface area is 66.0 Å². The number of aryl methyl sites for hydroxylation is 2. The minimum Gasteiger partial charge on any atom is -0.261 e. The van der Waals surface area contributed by atoms with E-state index >= 15 is 0 Å². The number of aromatic nitrogens is 1. The average Bonchev–Trinajstić information content (AvgIpc) is 2.04. The molecule has 1 aliphatic rings. The molecule has 0 atom stereocenters. The topological polar surface area (TPSA) is 25.2 Å². The first-order valence-corrected chi connectivity index (χ1v) is 3.84. The lowest BCUT2D eigenvalue weighted by Gasteiger charge is -2.08. The Morgan fingerprint density at radius 2 is 2.36 bits per heavy atom. The van der Waals surface area contributed by atoms with Gasteiger partial charge in [-0.15, -0.1) is 0 Å². The molecule has 1 aromatic heterocycles. The molecule has 0 radical (unpaired) electrons. The molecule has 0 amide bonds. The summed E-state index contributed by atoms with van der Waals surface area (Å²) < 4.78 is 0. The van der Waals surface area contributed by atoms with Gasteiger partial charge in [-0.2, -0.15) is 0 Å². The number of pyridine rings is 1. The molecule has 56 valence electrons. The first-order chi connectivity index (χ1) is 5.36. The van der Waals surface area contributed by atoms with Crippen molar-refractivity contribution >= 4 is 11.9 Å². The molecule has 2 rings (SSSR count). The van der Waals surface area contributed by atoms with E-state index in [1.165, 1.54) is 5.56 Å². The Kier molecular flexibility index (Phi) is 1.46. The van der Waals surface area contributed by atoms with Crippen LogP contribution in [0.1, 0.15) is 17.7 Å². The fourth-order valence-corrected chi connectivity index (χ4v) is 1.27. The van der Waals surface area contributed by atoms with Gasteiger partial charge < -0.3 is 0 Å². The molecule has 0 fully saturated rings. The van der Waals surface area contributed by atoms with Crippen LogP contribution in [0.2, 0.25) is 0 Å². The van der Waals surface area contributed by atoms with Crippen molar-refractivity contribution in [3.05, 3.63) is 23.5 Å². The Balaban J connectivity index is 2.54. The van der Waals surface area contributed by atoms with E-state index in [0.29, 0.717) is 0 Å². The van der Waals surface area contributed by atoms with E-state index in [2.05, 4.69) is 9.98 Å². The van der Waals surface area contributed by atoms with Crippen LogP contribution in [0.5, 0.6) is 0 Å². The second-order valence-electron chi connectivity index (χ2n) is 2.80. The van der Waals surface area contributed by atoms with Gasteiger partial charge in [0.25, 0.3) is 0 Å². The molecule has 2 nitrogen and oxygen atoms in total. The molecule has 0 unspecified atom stereocenters. The number of fused-ring (bicyclic) bond motifs is 1. The van der Waals surface area contributed by atoms with Gasteiger partial charge in [0.1, 0.15) is 0 Å². The maximum absolute atomic E-state index is 4.29. The molecular weight excluding hydrogens is 136 g/mol. The Morgan fingerprint density at radius 1 is 1.45 bits per heavy atom. The zero-order valence-corrected chi connectivity index (χ0v) is 6.54. The largest absolute Gasteiger partial charge is 0.261 e. The second-order valence-corrected chi connectivity index (χ2v) is 2.80. The van der Waals surface area contributed by atoms with Crippen LogP contribution in [0.3, 0.4) is 0 Å². The number of hydrogen-bond donors (Lipinski definition) is 0. The van der Waals surface area contributed by atoms with Gasteiger partial charge in [-0.25, -0.2) is 0 Å². The van der Waals surface area contributed by atoms with E-state index in [-0.39, 0.29) is 0 Å². The van der Waals surface area contributed by atoms with E-state index in [1.54, 1.807) is 0 Å². The molecule has 0 saturated heterocycles. The molecule has 0 bridgehead atoms. The van der Waals surface area contributed by atoms with Crippen molar-refractivity contribution in [3.8, 4) is 0 Å². The number of aliphatic imine (C=N–C) groups is 1. The standard InChI is InChI=1S/C9H10N2/c1-7-5-9-8(6-11-7)3-2-4-10-9/h4-6H,2-3H2,1H3. The lowest BCUT2D eigenvalue weighted by Crippen LogP contribution is -1.95. The lowest BCUT2D eigenvalue weighted by molar-refractivity contribution is 0.997. The van der Waals surface area contributed by atoms with Crippen LogP contribution < -0.4 is 0 Å². The Morgan fingerprint density at radius 3 is 3.27 bits per heavy atom. The Bertz CT molecular complexity index is 302. The molecule has 0 N–H and O–H groups in total. The van der Waals surface area contributed by atoms with Crippen LogP contribution in [0.25, 0.3) is 0 Å². The van der Waals surface area contributed by atoms with Crippen molar-refractivity contribution in [2.75, 3.05) is 0 Å². The zero-order chi connectivity index (χ0) is 7.68. The molecule has 0 saturated carbocycles. The minimum atomic E-state index is 1.04. The van der Waals surface area contributed by atoms with Crippen molar-refractivity contribution in [1.29, 1.82) is 0 Å². The van der Waals surface area contributed by atoms with E-state index < -0.39 is 0 Å². The molecular formula is C9H10N2. The van der Waals surface area contributed by atoms with Crippen LogP contribution >= 0.6 is 0 Å². The van der Waals surface area contributed by atoms with Crippen molar-refractivity contribution in [3.63, 3.8) is 0 Å². The third-order valence-corrected chi connectivity index (χ3v) is 1.87. The van der Waals surface area contributed by atoms with Crippen LogP contribution in [0.15, 0.2) is 17.3 Å². The quantitative estimate of drug-likeness (QED) is 0.549. The zero-order valence-electron chi connectivity index (χ0n) is 6.54. The van der Waals surface area contributed by atoms with Crippen molar-refractivity contribution < 1.29 is 0 Å². The van der Waals surface area contributed by atoms with Crippen LogP contribution in [-0.2, 0) is 6.42 Å². The monoisotopic (exact) mass is 146 g/mol. The third-order valence-electron chi connectivity index (χ3n) is 1.87. The summed E-state index contributed by atoms with van der Waals surface area (Å²) in [6.07, 6.45) is 6.05. The maximum Gasteiger partial charge on any atom is 0.0691 e. The van der Waals surface area contributed by atoms with Gasteiger partial charge in [-0.3, -0.25) is 9.98 Å². The fraction of sp³-hybridized carbons (Fsp3) is 0.333. The number of nitrogens with zero attached hydrogens (tertiary/aromatic N) is 2. The van der Waals surface area contributed by atoms with Gasteiger partial charge in [0.05, 0.1) is 5.69 Å². The highest BCUT2D eigenvalue weighted by Gasteiger charge is 2.04. The van der Waals surface area contributed by atoms with E-state index in [9.17, 15) is 0 Å². The minimum absolute atomic E-state index is 1.04. The maximum atomic E-state index is 4.29. The van der Waals surface area contributed by atoms with E-state index in [1.807, 2.05) is 25.4 Å². The molecule has 2 heterocycles. The number of rotatable bonds is 0. The average molecular weight is 146 g/mol. The fourth-order valence-electron chi connectivity index (χ4n) is 1.27. The molecule has 0 aliphatic carbocycles. The highest BCUT2D eigenvalue weighted by atomic mass is 14.8. The number of hydrogen-bond acceptors (Lipinski definition) is 2. The Hall–Kier alpha value is -1.18. The summed E-state index contributed by atoms with van der Waals surface area (Å²) in [5.41, 5.74) is 3.42. The molecule has 0 aromatic carbocycles. The normalized spacial score (nSPS) is 14.6. The first kappa shape index (κ1) is 6.53. The van der Waals surface area contributed by atoms with Crippen LogP contribution in [0, 0.1) is 6.92 Å². The van der Waals surface area contributed by atoms with Crippen LogP contribution in [0.4, 0.5) is 5.69 Å². The first-order valence-electron chi connectivity index (χ1n) is 3.84. The van der Waals surface area contributed by atoms with Gasteiger partial charge in [0.15, 0.2) is 0 Å². The van der Waals surface area contributed by atoms with Crippen molar-refractivity contribution in [2.24, 2.45) is 4.99 Å². The van der Waals surface area contributed by atoms with E-state index in [4.69, 9.17) is 0 Å². The highest BCUT2D eigenvalue weighted by Crippen LogP contribution is 2.22. The van der Waals surface area contributed by atoms with Crippen molar-refractivity contribution in [2.45, 2.75) is 19.8 Å². The lowest BCUT2D eigenvalue weighted by atomic mass is 10.1. The molecule has 11 heavy (non-hydrogen) atoms. The predicted octanol–water partition coefficient (Wildman–Crippen LogP) is 2.04. The summed E-state index contributed by atoms with van der Waals surface area (Å²) in [5, 5.41) is 0.